The van der Waals surface area contributed by atoms with E-state index in [1.807, 2.05) is 0 Å². The summed E-state index contributed by atoms with van der Waals surface area (Å²) in [5.41, 5.74) is 1.56. The van der Waals surface area contributed by atoms with Crippen molar-refractivity contribution >= 4 is 23.2 Å². The van der Waals surface area contributed by atoms with Gasteiger partial charge in [0.2, 0.25) is 0 Å². The van der Waals surface area contributed by atoms with Crippen LogP contribution in [0, 0.1) is 0 Å². The lowest BCUT2D eigenvalue weighted by molar-refractivity contribution is -0.128. The minimum absolute atomic E-state index is 0.127. The fourth-order valence-electron chi connectivity index (χ4n) is 3.74. The lowest BCUT2D eigenvalue weighted by atomic mass is 9.89. The highest BCUT2D eigenvalue weighted by Gasteiger charge is 2.32. The quantitative estimate of drug-likeness (QED) is 0.170. The predicted molar refractivity (Wildman–Crippen MR) is 124 cm³/mol. The highest BCUT2D eigenvalue weighted by molar-refractivity contribution is 6.17. The molecule has 1 aliphatic carbocycles. The summed E-state index contributed by atoms with van der Waals surface area (Å²) in [5, 5.41) is 2.96. The summed E-state index contributed by atoms with van der Waals surface area (Å²) < 4.78 is 5.36. The molecule has 5 heteroatoms. The van der Waals surface area contributed by atoms with Gasteiger partial charge in [-0.1, -0.05) is 71.3 Å². The van der Waals surface area contributed by atoms with Crippen molar-refractivity contribution in [1.82, 2.24) is 0 Å². The summed E-state index contributed by atoms with van der Waals surface area (Å²) in [5.74, 6) is -0.728. The minimum Gasteiger partial charge on any atom is -0.462 e. The Morgan fingerprint density at radius 3 is 2.13 bits per heavy atom. The van der Waals surface area contributed by atoms with Crippen molar-refractivity contribution in [3.05, 3.63) is 42.0 Å². The number of ether oxygens (including phenoxy) is 1. The Morgan fingerprint density at radius 1 is 0.935 bits per heavy atom. The van der Waals surface area contributed by atoms with E-state index in [9.17, 15) is 14.4 Å². The van der Waals surface area contributed by atoms with Crippen molar-refractivity contribution in [2.24, 2.45) is 0 Å². The number of anilines is 1. The molecule has 0 aliphatic heterocycles. The molecule has 31 heavy (non-hydrogen) atoms. The highest BCUT2D eigenvalue weighted by Crippen LogP contribution is 2.20. The number of rotatable bonds is 14. The monoisotopic (exact) mass is 427 g/mol. The zero-order valence-corrected chi connectivity index (χ0v) is 18.9. The van der Waals surface area contributed by atoms with Crippen LogP contribution in [0.15, 0.2) is 36.4 Å². The fraction of sp³-hybridized carbons (Fsp3) is 0.577. The second kappa shape index (κ2) is 13.8. The van der Waals surface area contributed by atoms with Gasteiger partial charge in [0.1, 0.15) is 6.04 Å². The van der Waals surface area contributed by atoms with E-state index in [0.717, 1.165) is 12.8 Å². The van der Waals surface area contributed by atoms with Crippen LogP contribution in [-0.2, 0) is 14.3 Å². The molecular weight excluding hydrogens is 390 g/mol. The van der Waals surface area contributed by atoms with E-state index in [0.29, 0.717) is 36.3 Å². The second-order valence-corrected chi connectivity index (χ2v) is 8.41. The molecule has 1 atom stereocenters. The summed E-state index contributed by atoms with van der Waals surface area (Å²) in [7, 11) is 0. The molecule has 2 rings (SSSR count). The molecule has 0 aromatic heterocycles. The summed E-state index contributed by atoms with van der Waals surface area (Å²) in [6.07, 6.45) is 13.2. The molecule has 0 spiro atoms. The molecule has 0 heterocycles. The smallest absolute Gasteiger partial charge is 0.338 e. The third-order valence-corrected chi connectivity index (χ3v) is 5.77. The van der Waals surface area contributed by atoms with E-state index in [-0.39, 0.29) is 17.5 Å². The van der Waals surface area contributed by atoms with E-state index in [2.05, 4.69) is 18.8 Å². The molecular formula is C26H37NO4. The van der Waals surface area contributed by atoms with Gasteiger partial charge in [-0.05, 0) is 42.7 Å². The zero-order chi connectivity index (χ0) is 22.5. The molecule has 1 unspecified atom stereocenters. The molecule has 1 N–H and O–H groups in total. The predicted octanol–water partition coefficient (Wildman–Crippen LogP) is 6.03. The Kier molecular flexibility index (Phi) is 11.0. The molecule has 1 aliphatic rings. The van der Waals surface area contributed by atoms with Crippen LogP contribution >= 0.6 is 0 Å². The van der Waals surface area contributed by atoms with Crippen molar-refractivity contribution in [3.63, 3.8) is 0 Å². The molecule has 5 nitrogen and oxygen atoms in total. The zero-order valence-electron chi connectivity index (χ0n) is 18.9. The maximum absolute atomic E-state index is 12.2. The molecule has 1 aromatic rings. The van der Waals surface area contributed by atoms with Crippen molar-refractivity contribution in [1.29, 1.82) is 0 Å². The average Bonchev–Trinajstić information content (AvgIpc) is 2.78. The van der Waals surface area contributed by atoms with Gasteiger partial charge in [-0.15, -0.1) is 0 Å². The Morgan fingerprint density at radius 2 is 1.52 bits per heavy atom. The highest BCUT2D eigenvalue weighted by atomic mass is 16.5. The normalized spacial score (nSPS) is 16.4. The Labute approximate surface area is 186 Å². The van der Waals surface area contributed by atoms with E-state index < -0.39 is 6.04 Å². The number of nitrogens with one attached hydrogen (secondary N) is 1. The van der Waals surface area contributed by atoms with Crippen LogP contribution in [0.5, 0.6) is 0 Å². The number of hydrogen-bond acceptors (Lipinski definition) is 5. The molecule has 0 radical (unpaired) electrons. The Bertz CT molecular complexity index is 738. The van der Waals surface area contributed by atoms with E-state index in [1.54, 1.807) is 24.3 Å². The number of carbonyl (C=O) groups is 3. The minimum atomic E-state index is -0.879. The first-order valence-electron chi connectivity index (χ1n) is 11.8. The molecule has 1 saturated carbocycles. The largest absolute Gasteiger partial charge is 0.462 e. The summed E-state index contributed by atoms with van der Waals surface area (Å²) in [6.45, 7) is 6.40. The van der Waals surface area contributed by atoms with Gasteiger partial charge in [-0.3, -0.25) is 9.59 Å². The van der Waals surface area contributed by atoms with E-state index >= 15 is 0 Å². The van der Waals surface area contributed by atoms with Crippen molar-refractivity contribution in [2.45, 2.75) is 90.0 Å². The first kappa shape index (κ1) is 24.8. The third-order valence-electron chi connectivity index (χ3n) is 5.77. The molecule has 1 fully saturated rings. The Balaban J connectivity index is 1.62. The Hall–Kier alpha value is -2.43. The van der Waals surface area contributed by atoms with Gasteiger partial charge in [0.25, 0.3) is 0 Å². The third kappa shape index (κ3) is 8.68. The molecule has 1 aromatic carbocycles. The van der Waals surface area contributed by atoms with Gasteiger partial charge in [-0.25, -0.2) is 4.79 Å². The summed E-state index contributed by atoms with van der Waals surface area (Å²) in [4.78, 5) is 36.3. The van der Waals surface area contributed by atoms with Crippen molar-refractivity contribution in [2.75, 3.05) is 11.9 Å². The lowest BCUT2D eigenvalue weighted by Gasteiger charge is -2.23. The number of unbranched alkanes of at least 4 members (excludes halogenated alkanes) is 9. The summed E-state index contributed by atoms with van der Waals surface area (Å²) in [6, 6.07) is 5.80. The van der Waals surface area contributed by atoms with Gasteiger partial charge in [-0.2, -0.15) is 0 Å². The fourth-order valence-corrected chi connectivity index (χ4v) is 3.74. The number of esters is 1. The van der Waals surface area contributed by atoms with E-state index in [1.165, 1.54) is 51.4 Å². The van der Waals surface area contributed by atoms with Crippen LogP contribution in [0.3, 0.4) is 0 Å². The van der Waals surface area contributed by atoms with Crippen LogP contribution in [0.4, 0.5) is 5.69 Å². The lowest BCUT2D eigenvalue weighted by Crippen LogP contribution is -2.41. The van der Waals surface area contributed by atoms with Crippen molar-refractivity contribution in [3.8, 4) is 0 Å². The number of benzene rings is 1. The second-order valence-electron chi connectivity index (χ2n) is 8.41. The van der Waals surface area contributed by atoms with Crippen LogP contribution < -0.4 is 5.32 Å². The van der Waals surface area contributed by atoms with Gasteiger partial charge < -0.3 is 10.1 Å². The first-order valence-corrected chi connectivity index (χ1v) is 11.8. The SMILES string of the molecule is C=C1CCC(=O)C(Nc2ccc(C(=O)OCCCCCCCCCCCC)cc2)C1=O. The van der Waals surface area contributed by atoms with Crippen LogP contribution in [0.2, 0.25) is 0 Å². The first-order chi connectivity index (χ1) is 15.0. The maximum atomic E-state index is 12.2. The number of Topliss-reactive ketones (excluding diaryl/α,β-unsaturated/α-hetero) is 2. The average molecular weight is 428 g/mol. The van der Waals surface area contributed by atoms with Gasteiger partial charge in [0.15, 0.2) is 11.6 Å². The molecule has 0 amide bonds. The van der Waals surface area contributed by atoms with Crippen LogP contribution in [0.25, 0.3) is 0 Å². The van der Waals surface area contributed by atoms with E-state index in [4.69, 9.17) is 4.74 Å². The van der Waals surface area contributed by atoms with Gasteiger partial charge in [0.05, 0.1) is 12.2 Å². The number of hydrogen-bond donors (Lipinski definition) is 1. The van der Waals surface area contributed by atoms with Crippen LogP contribution in [0.1, 0.15) is 94.3 Å². The molecule has 0 saturated heterocycles. The number of carbonyl (C=O) groups excluding carboxylic acids is 3. The molecule has 0 bridgehead atoms. The maximum Gasteiger partial charge on any atom is 0.338 e. The number of ketones is 2. The van der Waals surface area contributed by atoms with Crippen LogP contribution in [-0.4, -0.2) is 30.2 Å². The topological polar surface area (TPSA) is 72.5 Å². The molecule has 170 valence electrons. The van der Waals surface area contributed by atoms with Crippen molar-refractivity contribution < 1.29 is 19.1 Å². The standard InChI is InChI=1S/C26H37NO4/c1-3-4-5-6-7-8-9-10-11-12-19-31-26(30)21-14-16-22(17-15-21)27-24-23(28)18-13-20(2)25(24)29/h14-17,24,27H,2-13,18-19H2,1H3. The summed E-state index contributed by atoms with van der Waals surface area (Å²) >= 11 is 0. The van der Waals surface area contributed by atoms with Gasteiger partial charge >= 0.3 is 5.97 Å². The van der Waals surface area contributed by atoms with Gasteiger partial charge in [0, 0.05) is 12.1 Å².